The average Bonchev–Trinajstić information content (AvgIpc) is 2.44. The second-order valence-electron chi connectivity index (χ2n) is 5.41. The van der Waals surface area contributed by atoms with Gasteiger partial charge in [0.25, 0.3) is 0 Å². The van der Waals surface area contributed by atoms with Crippen molar-refractivity contribution in [1.29, 1.82) is 0 Å². The van der Waals surface area contributed by atoms with Crippen LogP contribution in [0.5, 0.6) is 5.75 Å². The molecule has 1 fully saturated rings. The van der Waals surface area contributed by atoms with Crippen molar-refractivity contribution >= 4 is 39.9 Å². The number of hydrogen-bond donors (Lipinski definition) is 1. The van der Waals surface area contributed by atoms with Crippen molar-refractivity contribution in [3.05, 3.63) is 56.6 Å². The first-order valence-electron chi connectivity index (χ1n) is 7.01. The topological polar surface area (TPSA) is 21.3 Å². The molecule has 2 aromatic carbocycles. The fraction of sp³-hybridized carbons (Fsp3) is 0.294. The summed E-state index contributed by atoms with van der Waals surface area (Å²) < 4.78 is 6.45. The summed E-state index contributed by atoms with van der Waals surface area (Å²) in [5, 5.41) is 4.33. The van der Waals surface area contributed by atoms with E-state index in [1.54, 1.807) is 7.11 Å². The van der Waals surface area contributed by atoms with E-state index >= 15 is 0 Å². The minimum atomic E-state index is 0.499. The molecule has 1 N–H and O–H groups in total. The Balaban J connectivity index is 1.60. The lowest BCUT2D eigenvalue weighted by Gasteiger charge is -2.37. The van der Waals surface area contributed by atoms with Gasteiger partial charge in [0.1, 0.15) is 5.75 Å². The lowest BCUT2D eigenvalue weighted by atomic mass is 9.76. The van der Waals surface area contributed by atoms with Gasteiger partial charge in [-0.2, -0.15) is 0 Å². The molecule has 4 heteroatoms. The van der Waals surface area contributed by atoms with Crippen LogP contribution in [0.4, 0.5) is 5.69 Å². The summed E-state index contributed by atoms with van der Waals surface area (Å²) in [5.74, 6) is 1.55. The van der Waals surface area contributed by atoms with Gasteiger partial charge in [-0.25, -0.2) is 0 Å². The van der Waals surface area contributed by atoms with Crippen LogP contribution in [0.15, 0.2) is 42.5 Å². The van der Waals surface area contributed by atoms with Crippen LogP contribution in [0.1, 0.15) is 24.3 Å². The Hall–Kier alpha value is -0.940. The Morgan fingerprint density at radius 3 is 2.71 bits per heavy atom. The van der Waals surface area contributed by atoms with E-state index in [-0.39, 0.29) is 0 Å². The Kier molecular flexibility index (Phi) is 4.60. The Bertz CT molecular complexity index is 640. The molecule has 0 unspecified atom stereocenters. The minimum absolute atomic E-state index is 0.499. The summed E-state index contributed by atoms with van der Waals surface area (Å²) in [6, 6.07) is 15.0. The fourth-order valence-corrected chi connectivity index (χ4v) is 3.64. The lowest BCUT2D eigenvalue weighted by Crippen LogP contribution is -2.34. The SMILES string of the molecule is COc1cccc(C2CC(Nc3ccc(I)cc3Cl)C2)c1. The van der Waals surface area contributed by atoms with Crippen molar-refractivity contribution in [2.24, 2.45) is 0 Å². The van der Waals surface area contributed by atoms with Crippen molar-refractivity contribution in [3.63, 3.8) is 0 Å². The summed E-state index contributed by atoms with van der Waals surface area (Å²) in [6.07, 6.45) is 2.27. The smallest absolute Gasteiger partial charge is 0.119 e. The zero-order valence-electron chi connectivity index (χ0n) is 11.8. The molecule has 0 aliphatic heterocycles. The maximum atomic E-state index is 6.26. The summed E-state index contributed by atoms with van der Waals surface area (Å²) in [4.78, 5) is 0. The van der Waals surface area contributed by atoms with Gasteiger partial charge in [0, 0.05) is 9.61 Å². The normalized spacial score (nSPS) is 20.7. The van der Waals surface area contributed by atoms with Gasteiger partial charge >= 0.3 is 0 Å². The quantitative estimate of drug-likeness (QED) is 0.686. The third-order valence-corrected chi connectivity index (χ3v) is 4.98. The van der Waals surface area contributed by atoms with E-state index in [4.69, 9.17) is 16.3 Å². The van der Waals surface area contributed by atoms with E-state index in [9.17, 15) is 0 Å². The Morgan fingerprint density at radius 1 is 1.19 bits per heavy atom. The maximum Gasteiger partial charge on any atom is 0.119 e. The van der Waals surface area contributed by atoms with Gasteiger partial charge in [0.05, 0.1) is 17.8 Å². The van der Waals surface area contributed by atoms with Crippen LogP contribution in [-0.4, -0.2) is 13.2 Å². The summed E-state index contributed by atoms with van der Waals surface area (Å²) in [6.45, 7) is 0. The number of ether oxygens (including phenoxy) is 1. The van der Waals surface area contributed by atoms with Gasteiger partial charge in [-0.05, 0) is 77.2 Å². The largest absolute Gasteiger partial charge is 0.497 e. The van der Waals surface area contributed by atoms with E-state index in [0.29, 0.717) is 12.0 Å². The number of anilines is 1. The number of halogens is 2. The molecular weight excluding hydrogens is 397 g/mol. The molecule has 0 bridgehead atoms. The molecular formula is C17H17ClINO. The van der Waals surface area contributed by atoms with Gasteiger partial charge in [0.15, 0.2) is 0 Å². The van der Waals surface area contributed by atoms with Crippen LogP contribution in [0.2, 0.25) is 5.02 Å². The molecule has 21 heavy (non-hydrogen) atoms. The monoisotopic (exact) mass is 413 g/mol. The van der Waals surface area contributed by atoms with Crippen LogP contribution in [0, 0.1) is 3.57 Å². The number of rotatable bonds is 4. The second-order valence-corrected chi connectivity index (χ2v) is 7.06. The zero-order valence-corrected chi connectivity index (χ0v) is 14.7. The molecule has 0 heterocycles. The van der Waals surface area contributed by atoms with Crippen LogP contribution >= 0.6 is 34.2 Å². The van der Waals surface area contributed by atoms with E-state index in [1.165, 1.54) is 5.56 Å². The molecule has 0 amide bonds. The van der Waals surface area contributed by atoms with E-state index < -0.39 is 0 Å². The number of nitrogens with one attached hydrogen (secondary N) is 1. The van der Waals surface area contributed by atoms with E-state index in [2.05, 4.69) is 58.2 Å². The highest BCUT2D eigenvalue weighted by molar-refractivity contribution is 14.1. The first-order valence-corrected chi connectivity index (χ1v) is 8.47. The molecule has 0 aromatic heterocycles. The van der Waals surface area contributed by atoms with Crippen molar-refractivity contribution in [1.82, 2.24) is 0 Å². The van der Waals surface area contributed by atoms with Crippen molar-refractivity contribution < 1.29 is 4.74 Å². The van der Waals surface area contributed by atoms with Crippen LogP contribution in [0.25, 0.3) is 0 Å². The van der Waals surface area contributed by atoms with Crippen LogP contribution in [-0.2, 0) is 0 Å². The fourth-order valence-electron chi connectivity index (χ4n) is 2.73. The average molecular weight is 414 g/mol. The highest BCUT2D eigenvalue weighted by atomic mass is 127. The molecule has 2 aromatic rings. The molecule has 1 saturated carbocycles. The number of methoxy groups -OCH3 is 1. The first kappa shape index (κ1) is 15.0. The molecule has 1 aliphatic carbocycles. The van der Waals surface area contributed by atoms with Gasteiger partial charge < -0.3 is 10.1 Å². The molecule has 1 aliphatic rings. The summed E-state index contributed by atoms with van der Waals surface area (Å²) in [5.41, 5.74) is 2.40. The predicted molar refractivity (Wildman–Crippen MR) is 96.5 cm³/mol. The number of hydrogen-bond acceptors (Lipinski definition) is 2. The Labute approximate surface area is 144 Å². The molecule has 2 nitrogen and oxygen atoms in total. The van der Waals surface area contributed by atoms with Crippen LogP contribution < -0.4 is 10.1 Å². The Morgan fingerprint density at radius 2 is 2.00 bits per heavy atom. The van der Waals surface area contributed by atoms with Gasteiger partial charge in [-0.1, -0.05) is 23.7 Å². The van der Waals surface area contributed by atoms with Crippen LogP contribution in [0.3, 0.4) is 0 Å². The molecule has 110 valence electrons. The van der Waals surface area contributed by atoms with Crippen molar-refractivity contribution in [2.45, 2.75) is 24.8 Å². The van der Waals surface area contributed by atoms with Gasteiger partial charge in [0.2, 0.25) is 0 Å². The minimum Gasteiger partial charge on any atom is -0.497 e. The summed E-state index contributed by atoms with van der Waals surface area (Å²) >= 11 is 8.54. The van der Waals surface area contributed by atoms with Gasteiger partial charge in [-0.3, -0.25) is 0 Å². The highest BCUT2D eigenvalue weighted by Gasteiger charge is 2.30. The van der Waals surface area contributed by atoms with Crippen molar-refractivity contribution in [2.75, 3.05) is 12.4 Å². The lowest BCUT2D eigenvalue weighted by molar-refractivity contribution is 0.370. The maximum absolute atomic E-state index is 6.26. The predicted octanol–water partition coefficient (Wildman–Crippen LogP) is 5.31. The molecule has 0 saturated heterocycles. The zero-order chi connectivity index (χ0) is 14.8. The summed E-state index contributed by atoms with van der Waals surface area (Å²) in [7, 11) is 1.71. The first-order chi connectivity index (χ1) is 10.2. The molecule has 3 rings (SSSR count). The number of benzene rings is 2. The molecule has 0 radical (unpaired) electrons. The van der Waals surface area contributed by atoms with Gasteiger partial charge in [-0.15, -0.1) is 0 Å². The third-order valence-electron chi connectivity index (χ3n) is 3.99. The van der Waals surface area contributed by atoms with Crippen molar-refractivity contribution in [3.8, 4) is 5.75 Å². The third kappa shape index (κ3) is 3.46. The molecule has 0 atom stereocenters. The van der Waals surface area contributed by atoms with E-state index in [1.807, 2.05) is 12.1 Å². The van der Waals surface area contributed by atoms with E-state index in [0.717, 1.165) is 32.9 Å². The molecule has 0 spiro atoms. The second kappa shape index (κ2) is 6.44. The highest BCUT2D eigenvalue weighted by Crippen LogP contribution is 2.40. The standard InChI is InChI=1S/C17H17ClINO/c1-21-15-4-2-3-11(9-15)12-7-14(8-12)20-17-6-5-13(19)10-16(17)18/h2-6,9-10,12,14,20H,7-8H2,1H3.